The fourth-order valence-corrected chi connectivity index (χ4v) is 4.19. The van der Waals surface area contributed by atoms with Crippen LogP contribution < -0.4 is 0 Å². The number of nitrogens with zero attached hydrogens (tertiary/aromatic N) is 2. The number of pyridine rings is 1. The van der Waals surface area contributed by atoms with Gasteiger partial charge in [-0.05, 0) is 42.7 Å². The molecule has 0 bridgehead atoms. The summed E-state index contributed by atoms with van der Waals surface area (Å²) in [6.07, 6.45) is 3.84. The highest BCUT2D eigenvalue weighted by Crippen LogP contribution is 2.32. The minimum atomic E-state index is -0.848. The van der Waals surface area contributed by atoms with Crippen molar-refractivity contribution < 1.29 is 4.21 Å². The molecular formula is C17H15ClN2OS. The molecule has 0 amide bonds. The molecule has 1 unspecified atom stereocenters. The number of benzene rings is 1. The summed E-state index contributed by atoms with van der Waals surface area (Å²) in [5, 5.41) is 1.00. The van der Waals surface area contributed by atoms with Crippen molar-refractivity contribution in [2.45, 2.75) is 23.0 Å². The largest absolute Gasteiger partial charge is 0.342 e. The lowest BCUT2D eigenvalue weighted by Gasteiger charge is -2.06. The molecule has 0 N–H and O–H groups in total. The Morgan fingerprint density at radius 2 is 1.95 bits per heavy atom. The number of hydrogen-bond donors (Lipinski definition) is 0. The molecule has 1 fully saturated rings. The standard InChI is InChI=1S/C17H15ClN2OS/c1-20-16(9-15-17(20)8-12(18)10-19-15)11-2-4-13(5-3-11)22(21)14-6-7-14/h2-5,8-10,14H,6-7H2,1H3. The van der Waals surface area contributed by atoms with Gasteiger partial charge in [0, 0.05) is 23.4 Å². The van der Waals surface area contributed by atoms with Crippen molar-refractivity contribution in [3.8, 4) is 11.3 Å². The molecule has 1 saturated carbocycles. The van der Waals surface area contributed by atoms with E-state index in [4.69, 9.17) is 11.6 Å². The highest BCUT2D eigenvalue weighted by Gasteiger charge is 2.29. The zero-order chi connectivity index (χ0) is 15.3. The normalized spacial score (nSPS) is 16.1. The van der Waals surface area contributed by atoms with Gasteiger partial charge in [-0.2, -0.15) is 0 Å². The summed E-state index contributed by atoms with van der Waals surface area (Å²) in [5.74, 6) is 0. The molecule has 3 nitrogen and oxygen atoms in total. The summed E-state index contributed by atoms with van der Waals surface area (Å²) in [6, 6.07) is 12.0. The van der Waals surface area contributed by atoms with E-state index in [0.29, 0.717) is 10.3 Å². The second-order valence-corrected chi connectivity index (χ2v) is 7.84. The highest BCUT2D eigenvalue weighted by molar-refractivity contribution is 7.86. The molecule has 22 heavy (non-hydrogen) atoms. The van der Waals surface area contributed by atoms with Crippen molar-refractivity contribution in [1.82, 2.24) is 9.55 Å². The van der Waals surface area contributed by atoms with Crippen LogP contribution in [-0.4, -0.2) is 19.0 Å². The third-order valence-electron chi connectivity index (χ3n) is 4.07. The van der Waals surface area contributed by atoms with Crippen LogP contribution in [0.2, 0.25) is 5.02 Å². The van der Waals surface area contributed by atoms with Gasteiger partial charge in [0.25, 0.3) is 0 Å². The van der Waals surface area contributed by atoms with Gasteiger partial charge in [0.2, 0.25) is 0 Å². The Labute approximate surface area is 136 Å². The van der Waals surface area contributed by atoms with Crippen molar-refractivity contribution in [2.75, 3.05) is 0 Å². The van der Waals surface area contributed by atoms with E-state index in [1.165, 1.54) is 0 Å². The van der Waals surface area contributed by atoms with Gasteiger partial charge in [-0.15, -0.1) is 0 Å². The fourth-order valence-electron chi connectivity index (χ4n) is 2.69. The number of fused-ring (bicyclic) bond motifs is 1. The Balaban J connectivity index is 1.75. The molecule has 0 saturated heterocycles. The lowest BCUT2D eigenvalue weighted by molar-refractivity contribution is 0.682. The summed E-state index contributed by atoms with van der Waals surface area (Å²) >= 11 is 6.03. The third kappa shape index (κ3) is 2.36. The quantitative estimate of drug-likeness (QED) is 0.722. The SMILES string of the molecule is Cn1c(-c2ccc(S(=O)C3CC3)cc2)cc2ncc(Cl)cc21. The van der Waals surface area contributed by atoms with Crippen LogP contribution in [0, 0.1) is 0 Å². The fraction of sp³-hybridized carbons (Fsp3) is 0.235. The third-order valence-corrected chi connectivity index (χ3v) is 6.09. The minimum absolute atomic E-state index is 0.370. The first-order valence-corrected chi connectivity index (χ1v) is 8.84. The van der Waals surface area contributed by atoms with Crippen LogP contribution in [0.4, 0.5) is 0 Å². The van der Waals surface area contributed by atoms with E-state index < -0.39 is 10.8 Å². The molecule has 0 spiro atoms. The van der Waals surface area contributed by atoms with E-state index in [9.17, 15) is 4.21 Å². The van der Waals surface area contributed by atoms with Crippen LogP contribution in [0.5, 0.6) is 0 Å². The first kappa shape index (κ1) is 14.0. The van der Waals surface area contributed by atoms with Gasteiger partial charge in [0.05, 0.1) is 32.5 Å². The molecule has 2 heterocycles. The molecule has 5 heteroatoms. The van der Waals surface area contributed by atoms with Gasteiger partial charge in [0.1, 0.15) is 0 Å². The number of aryl methyl sites for hydroxylation is 1. The number of aromatic nitrogens is 2. The molecule has 4 rings (SSSR count). The summed E-state index contributed by atoms with van der Waals surface area (Å²) in [4.78, 5) is 5.29. The van der Waals surface area contributed by atoms with Crippen LogP contribution in [-0.2, 0) is 17.8 Å². The maximum Gasteiger partial charge on any atom is 0.0888 e. The summed E-state index contributed by atoms with van der Waals surface area (Å²) in [7, 11) is 1.16. The van der Waals surface area contributed by atoms with Crippen molar-refractivity contribution in [1.29, 1.82) is 0 Å². The first-order valence-electron chi connectivity index (χ1n) is 7.25. The van der Waals surface area contributed by atoms with E-state index in [-0.39, 0.29) is 0 Å². The molecular weight excluding hydrogens is 316 g/mol. The van der Waals surface area contributed by atoms with E-state index in [1.807, 2.05) is 37.4 Å². The van der Waals surface area contributed by atoms with Gasteiger partial charge in [0.15, 0.2) is 0 Å². The maximum atomic E-state index is 12.2. The zero-order valence-electron chi connectivity index (χ0n) is 12.1. The highest BCUT2D eigenvalue weighted by atomic mass is 35.5. The van der Waals surface area contributed by atoms with Crippen LogP contribution in [0.3, 0.4) is 0 Å². The van der Waals surface area contributed by atoms with Crippen molar-refractivity contribution in [2.24, 2.45) is 7.05 Å². The molecule has 2 aromatic heterocycles. The van der Waals surface area contributed by atoms with E-state index in [1.54, 1.807) is 6.20 Å². The average molecular weight is 331 g/mol. The summed E-state index contributed by atoms with van der Waals surface area (Å²) < 4.78 is 14.3. The molecule has 1 aliphatic rings. The van der Waals surface area contributed by atoms with Gasteiger partial charge in [-0.25, -0.2) is 0 Å². The van der Waals surface area contributed by atoms with Crippen LogP contribution in [0.15, 0.2) is 47.5 Å². The molecule has 1 atom stereocenters. The van der Waals surface area contributed by atoms with Gasteiger partial charge in [-0.3, -0.25) is 9.19 Å². The lowest BCUT2D eigenvalue weighted by atomic mass is 10.1. The predicted molar refractivity (Wildman–Crippen MR) is 90.6 cm³/mol. The Morgan fingerprint density at radius 1 is 1.23 bits per heavy atom. The Bertz CT molecular complexity index is 882. The summed E-state index contributed by atoms with van der Waals surface area (Å²) in [5.41, 5.74) is 4.10. The van der Waals surface area contributed by atoms with Gasteiger partial charge < -0.3 is 4.57 Å². The molecule has 3 aromatic rings. The smallest absolute Gasteiger partial charge is 0.0888 e. The second-order valence-electron chi connectivity index (χ2n) is 5.67. The molecule has 1 aliphatic carbocycles. The van der Waals surface area contributed by atoms with Crippen LogP contribution in [0.25, 0.3) is 22.3 Å². The van der Waals surface area contributed by atoms with E-state index >= 15 is 0 Å². The lowest BCUT2D eigenvalue weighted by Crippen LogP contribution is -1.97. The summed E-state index contributed by atoms with van der Waals surface area (Å²) in [6.45, 7) is 0. The monoisotopic (exact) mass is 330 g/mol. The van der Waals surface area contributed by atoms with Crippen molar-refractivity contribution in [3.63, 3.8) is 0 Å². The van der Waals surface area contributed by atoms with E-state index in [2.05, 4.69) is 15.6 Å². The number of hydrogen-bond acceptors (Lipinski definition) is 2. The molecule has 0 radical (unpaired) electrons. The number of halogens is 1. The zero-order valence-corrected chi connectivity index (χ0v) is 13.7. The Kier molecular flexibility index (Phi) is 3.31. The molecule has 0 aliphatic heterocycles. The first-order chi connectivity index (χ1) is 10.6. The Hall–Kier alpha value is -1.65. The van der Waals surface area contributed by atoms with E-state index in [0.717, 1.165) is 40.0 Å². The second kappa shape index (κ2) is 5.21. The van der Waals surface area contributed by atoms with Crippen molar-refractivity contribution >= 4 is 33.4 Å². The Morgan fingerprint density at radius 3 is 2.64 bits per heavy atom. The topological polar surface area (TPSA) is 34.9 Å². The maximum absolute atomic E-state index is 12.2. The van der Waals surface area contributed by atoms with Gasteiger partial charge in [-0.1, -0.05) is 23.7 Å². The van der Waals surface area contributed by atoms with Crippen LogP contribution >= 0.6 is 11.6 Å². The minimum Gasteiger partial charge on any atom is -0.342 e. The predicted octanol–water partition coefficient (Wildman–Crippen LogP) is 4.16. The van der Waals surface area contributed by atoms with Gasteiger partial charge >= 0.3 is 0 Å². The molecule has 1 aromatic carbocycles. The number of rotatable bonds is 3. The van der Waals surface area contributed by atoms with Crippen LogP contribution in [0.1, 0.15) is 12.8 Å². The van der Waals surface area contributed by atoms with Crippen molar-refractivity contribution in [3.05, 3.63) is 47.6 Å². The average Bonchev–Trinajstić information content (AvgIpc) is 3.33. The molecule has 112 valence electrons.